The van der Waals surface area contributed by atoms with E-state index in [1.165, 1.54) is 0 Å². The van der Waals surface area contributed by atoms with Gasteiger partial charge in [0.15, 0.2) is 0 Å². The molecule has 0 unspecified atom stereocenters. The number of amides is 1. The number of nitrogens with one attached hydrogen (secondary N) is 1. The Morgan fingerprint density at radius 2 is 2.00 bits per heavy atom. The average molecular weight is 292 g/mol. The number of nitrogens with two attached hydrogens (primary N) is 1. The number of carbonyl (C=O) groups is 1. The van der Waals surface area contributed by atoms with Gasteiger partial charge in [-0.1, -0.05) is 23.7 Å². The third kappa shape index (κ3) is 3.33. The van der Waals surface area contributed by atoms with Crippen molar-refractivity contribution in [3.05, 3.63) is 52.8 Å². The van der Waals surface area contributed by atoms with Crippen LogP contribution in [0.15, 0.2) is 36.5 Å². The average Bonchev–Trinajstić information content (AvgIpc) is 2.80. The first-order valence-corrected chi connectivity index (χ1v) is 6.85. The lowest BCUT2D eigenvalue weighted by molar-refractivity contribution is 0.0940. The summed E-state index contributed by atoms with van der Waals surface area (Å²) in [4.78, 5) is 12.2. The fourth-order valence-electron chi connectivity index (χ4n) is 1.96. The molecule has 0 aliphatic carbocycles. The van der Waals surface area contributed by atoms with E-state index in [2.05, 4.69) is 5.32 Å². The first-order chi connectivity index (χ1) is 9.47. The van der Waals surface area contributed by atoms with Crippen LogP contribution in [0.1, 0.15) is 35.9 Å². The maximum absolute atomic E-state index is 12.2. The zero-order chi connectivity index (χ0) is 14.7. The molecule has 0 bridgehead atoms. The van der Waals surface area contributed by atoms with Crippen molar-refractivity contribution >= 4 is 23.2 Å². The number of benzene rings is 1. The number of carbonyl (C=O) groups excluding carboxylic acids is 1. The molecular weight excluding hydrogens is 274 g/mol. The molecular formula is C15H18ClN3O. The van der Waals surface area contributed by atoms with E-state index in [1.807, 2.05) is 42.7 Å². The molecule has 1 aromatic heterocycles. The number of rotatable bonds is 4. The Balaban J connectivity index is 2.07. The molecule has 20 heavy (non-hydrogen) atoms. The second-order valence-electron chi connectivity index (χ2n) is 4.97. The number of anilines is 1. The van der Waals surface area contributed by atoms with Gasteiger partial charge in [0.1, 0.15) is 5.69 Å². The largest absolute Gasteiger partial charge is 0.399 e. The number of nitrogens with zero attached hydrogens (tertiary/aromatic N) is 1. The predicted octanol–water partition coefficient (Wildman–Crippen LogP) is 3.23. The van der Waals surface area contributed by atoms with E-state index in [9.17, 15) is 4.79 Å². The van der Waals surface area contributed by atoms with Crippen LogP contribution >= 0.6 is 11.6 Å². The first-order valence-electron chi connectivity index (χ1n) is 6.47. The summed E-state index contributed by atoms with van der Waals surface area (Å²) in [5.74, 6) is -0.137. The molecule has 1 aromatic carbocycles. The number of aromatic nitrogens is 1. The fourth-order valence-corrected chi connectivity index (χ4v) is 2.17. The standard InChI is InChI=1S/C15H18ClN3O/c1-10(2)19-9-12(16)7-14(19)15(20)18-8-11-3-5-13(17)6-4-11/h3-7,9-10H,8,17H2,1-2H3,(H,18,20). The van der Waals surface area contributed by atoms with Crippen LogP contribution in [0.25, 0.3) is 0 Å². The number of halogens is 1. The third-order valence-corrected chi connectivity index (χ3v) is 3.24. The van der Waals surface area contributed by atoms with Crippen LogP contribution in [0.5, 0.6) is 0 Å². The zero-order valence-corrected chi connectivity index (χ0v) is 12.3. The van der Waals surface area contributed by atoms with E-state index in [4.69, 9.17) is 17.3 Å². The molecule has 2 rings (SSSR count). The Labute approximate surface area is 123 Å². The summed E-state index contributed by atoms with van der Waals surface area (Å²) in [6.45, 7) is 4.47. The van der Waals surface area contributed by atoms with Gasteiger partial charge in [0.2, 0.25) is 0 Å². The molecule has 0 fully saturated rings. The summed E-state index contributed by atoms with van der Waals surface area (Å²) in [6, 6.07) is 9.28. The SMILES string of the molecule is CC(C)n1cc(Cl)cc1C(=O)NCc1ccc(N)cc1. The Morgan fingerprint density at radius 3 is 2.60 bits per heavy atom. The zero-order valence-electron chi connectivity index (χ0n) is 11.6. The van der Waals surface area contributed by atoms with Crippen molar-refractivity contribution in [3.63, 3.8) is 0 Å². The Kier molecular flexibility index (Phi) is 4.35. The van der Waals surface area contributed by atoms with Crippen molar-refractivity contribution in [3.8, 4) is 0 Å². The molecule has 0 aliphatic rings. The summed E-state index contributed by atoms with van der Waals surface area (Å²) in [7, 11) is 0. The second-order valence-corrected chi connectivity index (χ2v) is 5.41. The van der Waals surface area contributed by atoms with E-state index in [0.29, 0.717) is 22.9 Å². The summed E-state index contributed by atoms with van der Waals surface area (Å²) in [5.41, 5.74) is 7.90. The number of hydrogen-bond acceptors (Lipinski definition) is 2. The minimum atomic E-state index is -0.137. The van der Waals surface area contributed by atoms with Gasteiger partial charge >= 0.3 is 0 Å². The maximum atomic E-state index is 12.2. The van der Waals surface area contributed by atoms with E-state index >= 15 is 0 Å². The summed E-state index contributed by atoms with van der Waals surface area (Å²) in [5, 5.41) is 3.45. The monoisotopic (exact) mass is 291 g/mol. The van der Waals surface area contributed by atoms with E-state index in [0.717, 1.165) is 5.56 Å². The molecule has 0 atom stereocenters. The Bertz CT molecular complexity index is 602. The summed E-state index contributed by atoms with van der Waals surface area (Å²) in [6.07, 6.45) is 1.77. The molecule has 0 saturated carbocycles. The minimum absolute atomic E-state index is 0.137. The quantitative estimate of drug-likeness (QED) is 0.850. The van der Waals surface area contributed by atoms with Crippen LogP contribution in [0.4, 0.5) is 5.69 Å². The van der Waals surface area contributed by atoms with Gasteiger partial charge < -0.3 is 15.6 Å². The van der Waals surface area contributed by atoms with Crippen molar-refractivity contribution in [1.82, 2.24) is 9.88 Å². The molecule has 3 N–H and O–H groups in total. The second kappa shape index (κ2) is 6.01. The molecule has 0 aliphatic heterocycles. The highest BCUT2D eigenvalue weighted by atomic mass is 35.5. The summed E-state index contributed by atoms with van der Waals surface area (Å²) >= 11 is 5.97. The molecule has 2 aromatic rings. The van der Waals surface area contributed by atoms with Crippen molar-refractivity contribution in [1.29, 1.82) is 0 Å². The molecule has 106 valence electrons. The molecule has 0 radical (unpaired) electrons. The highest BCUT2D eigenvalue weighted by Gasteiger charge is 2.14. The molecule has 0 saturated heterocycles. The fraction of sp³-hybridized carbons (Fsp3) is 0.267. The lowest BCUT2D eigenvalue weighted by Gasteiger charge is -2.12. The molecule has 5 heteroatoms. The minimum Gasteiger partial charge on any atom is -0.399 e. The lowest BCUT2D eigenvalue weighted by Crippen LogP contribution is -2.25. The van der Waals surface area contributed by atoms with Gasteiger partial charge in [-0.25, -0.2) is 0 Å². The number of nitrogen functional groups attached to an aromatic ring is 1. The molecule has 4 nitrogen and oxygen atoms in total. The van der Waals surface area contributed by atoms with Gasteiger partial charge in [-0.2, -0.15) is 0 Å². The highest BCUT2D eigenvalue weighted by molar-refractivity contribution is 6.31. The van der Waals surface area contributed by atoms with Crippen molar-refractivity contribution in [2.24, 2.45) is 0 Å². The third-order valence-electron chi connectivity index (χ3n) is 3.04. The van der Waals surface area contributed by atoms with Gasteiger partial charge in [-0.15, -0.1) is 0 Å². The summed E-state index contributed by atoms with van der Waals surface area (Å²) < 4.78 is 1.86. The van der Waals surface area contributed by atoms with Crippen molar-refractivity contribution < 1.29 is 4.79 Å². The van der Waals surface area contributed by atoms with E-state index < -0.39 is 0 Å². The van der Waals surface area contributed by atoms with Gasteiger partial charge in [-0.3, -0.25) is 4.79 Å². The van der Waals surface area contributed by atoms with Gasteiger partial charge in [0, 0.05) is 24.5 Å². The van der Waals surface area contributed by atoms with Crippen LogP contribution < -0.4 is 11.1 Å². The highest BCUT2D eigenvalue weighted by Crippen LogP contribution is 2.18. The van der Waals surface area contributed by atoms with Crippen molar-refractivity contribution in [2.45, 2.75) is 26.4 Å². The molecule has 1 amide bonds. The van der Waals surface area contributed by atoms with E-state index in [-0.39, 0.29) is 11.9 Å². The predicted molar refractivity (Wildman–Crippen MR) is 81.9 cm³/mol. The topological polar surface area (TPSA) is 60.0 Å². The normalized spacial score (nSPS) is 10.8. The molecule has 0 spiro atoms. The Morgan fingerprint density at radius 1 is 1.35 bits per heavy atom. The van der Waals surface area contributed by atoms with Gasteiger partial charge in [0.05, 0.1) is 5.02 Å². The smallest absolute Gasteiger partial charge is 0.268 e. The van der Waals surface area contributed by atoms with Crippen LogP contribution in [0.3, 0.4) is 0 Å². The lowest BCUT2D eigenvalue weighted by atomic mass is 10.2. The van der Waals surface area contributed by atoms with Crippen LogP contribution in [-0.4, -0.2) is 10.5 Å². The van der Waals surface area contributed by atoms with Crippen LogP contribution in [0.2, 0.25) is 5.02 Å². The van der Waals surface area contributed by atoms with Crippen LogP contribution in [-0.2, 0) is 6.54 Å². The Hall–Kier alpha value is -1.94. The first kappa shape index (κ1) is 14.5. The molecule has 1 heterocycles. The maximum Gasteiger partial charge on any atom is 0.268 e. The number of hydrogen-bond donors (Lipinski definition) is 2. The van der Waals surface area contributed by atoms with Crippen LogP contribution in [0, 0.1) is 0 Å². The van der Waals surface area contributed by atoms with E-state index in [1.54, 1.807) is 12.3 Å². The van der Waals surface area contributed by atoms with Gasteiger partial charge in [-0.05, 0) is 37.6 Å². The van der Waals surface area contributed by atoms with Crippen molar-refractivity contribution in [2.75, 3.05) is 5.73 Å². The van der Waals surface area contributed by atoms with Gasteiger partial charge in [0.25, 0.3) is 5.91 Å².